The molecule has 1 heterocycles. The third-order valence-corrected chi connectivity index (χ3v) is 5.09. The van der Waals surface area contributed by atoms with Crippen LogP contribution in [0, 0.1) is 23.2 Å². The number of aliphatic hydroxyl groups excluding tert-OH is 3. The van der Waals surface area contributed by atoms with Crippen molar-refractivity contribution in [3.63, 3.8) is 0 Å². The molecular weight excluding hydrogens is 428 g/mol. The summed E-state index contributed by atoms with van der Waals surface area (Å²) in [6.45, 7) is 6.96. The number of rotatable bonds is 10. The van der Waals surface area contributed by atoms with Gasteiger partial charge in [-0.25, -0.2) is 4.79 Å². The highest BCUT2D eigenvalue weighted by atomic mass is 16.6. The number of cyclic esters (lactones) is 1. The van der Waals surface area contributed by atoms with Crippen LogP contribution in [0.3, 0.4) is 0 Å². The standard InChI is InChI=1S/C21H30O11/c1-10(2)7-30-19(27)21(20(28)31-8-11(3)4)5-12(6-21)17(25)29-9-13(22)16-14(23)15(24)18(26)32-16/h10-13,16,22-24H,5-9H2,1-4H3. The molecule has 1 aliphatic carbocycles. The zero-order valence-electron chi connectivity index (χ0n) is 18.5. The van der Waals surface area contributed by atoms with Crippen molar-refractivity contribution in [2.24, 2.45) is 23.2 Å². The van der Waals surface area contributed by atoms with E-state index in [0.29, 0.717) is 0 Å². The topological polar surface area (TPSA) is 166 Å². The highest BCUT2D eigenvalue weighted by Gasteiger charge is 2.61. The molecule has 2 aliphatic rings. The molecule has 11 heteroatoms. The second kappa shape index (κ2) is 10.2. The van der Waals surface area contributed by atoms with Gasteiger partial charge in [0.15, 0.2) is 17.3 Å². The van der Waals surface area contributed by atoms with E-state index in [0.717, 1.165) is 0 Å². The van der Waals surface area contributed by atoms with Crippen LogP contribution in [0.2, 0.25) is 0 Å². The van der Waals surface area contributed by atoms with Crippen LogP contribution in [-0.4, -0.2) is 71.2 Å². The number of hydrogen-bond donors (Lipinski definition) is 3. The lowest BCUT2D eigenvalue weighted by atomic mass is 9.61. The molecule has 0 aromatic heterocycles. The normalized spacial score (nSPS) is 21.2. The van der Waals surface area contributed by atoms with Crippen molar-refractivity contribution in [1.29, 1.82) is 0 Å². The molecule has 11 nitrogen and oxygen atoms in total. The number of carbonyl (C=O) groups is 4. The first-order valence-electron chi connectivity index (χ1n) is 10.4. The van der Waals surface area contributed by atoms with Gasteiger partial charge < -0.3 is 34.3 Å². The Morgan fingerprint density at radius 3 is 1.88 bits per heavy atom. The van der Waals surface area contributed by atoms with Gasteiger partial charge in [0.05, 0.1) is 19.1 Å². The molecule has 0 radical (unpaired) electrons. The molecule has 0 aromatic carbocycles. The number of ether oxygens (including phenoxy) is 4. The zero-order valence-corrected chi connectivity index (χ0v) is 18.5. The monoisotopic (exact) mass is 458 g/mol. The van der Waals surface area contributed by atoms with Crippen LogP contribution in [0.15, 0.2) is 11.5 Å². The summed E-state index contributed by atoms with van der Waals surface area (Å²) >= 11 is 0. The Bertz CT molecular complexity index is 751. The van der Waals surface area contributed by atoms with Crippen molar-refractivity contribution in [3.8, 4) is 0 Å². The van der Waals surface area contributed by atoms with Crippen LogP contribution in [0.4, 0.5) is 0 Å². The minimum absolute atomic E-state index is 0.0552. The van der Waals surface area contributed by atoms with Gasteiger partial charge in [0.2, 0.25) is 5.76 Å². The van der Waals surface area contributed by atoms with Gasteiger partial charge >= 0.3 is 23.9 Å². The predicted octanol–water partition coefficient (Wildman–Crippen LogP) is 0.938. The molecule has 2 atom stereocenters. The van der Waals surface area contributed by atoms with E-state index in [9.17, 15) is 34.5 Å². The van der Waals surface area contributed by atoms with Crippen molar-refractivity contribution in [3.05, 3.63) is 11.5 Å². The maximum Gasteiger partial charge on any atom is 0.377 e. The fourth-order valence-electron chi connectivity index (χ4n) is 3.23. The van der Waals surface area contributed by atoms with E-state index in [4.69, 9.17) is 14.2 Å². The second-order valence-electron chi connectivity index (χ2n) is 8.93. The predicted molar refractivity (Wildman–Crippen MR) is 106 cm³/mol. The summed E-state index contributed by atoms with van der Waals surface area (Å²) in [6.07, 6.45) is -3.52. The minimum atomic E-state index is -1.62. The van der Waals surface area contributed by atoms with Gasteiger partial charge in [-0.2, -0.15) is 0 Å². The fraction of sp³-hybridized carbons (Fsp3) is 0.714. The van der Waals surface area contributed by atoms with Gasteiger partial charge in [-0.3, -0.25) is 14.4 Å². The maximum atomic E-state index is 12.6. The average molecular weight is 458 g/mol. The number of aliphatic hydroxyl groups is 3. The molecule has 2 unspecified atom stereocenters. The summed E-state index contributed by atoms with van der Waals surface area (Å²) in [5.74, 6) is -6.10. The molecule has 0 amide bonds. The van der Waals surface area contributed by atoms with Gasteiger partial charge in [0, 0.05) is 0 Å². The molecule has 180 valence electrons. The van der Waals surface area contributed by atoms with Crippen molar-refractivity contribution >= 4 is 23.9 Å². The Labute approximate surface area is 185 Å². The highest BCUT2D eigenvalue weighted by molar-refractivity contribution is 6.02. The number of carbonyl (C=O) groups excluding carboxylic acids is 4. The van der Waals surface area contributed by atoms with Gasteiger partial charge in [-0.05, 0) is 24.7 Å². The summed E-state index contributed by atoms with van der Waals surface area (Å²) < 4.78 is 20.0. The van der Waals surface area contributed by atoms with E-state index in [1.54, 1.807) is 0 Å². The molecule has 2 rings (SSSR count). The van der Waals surface area contributed by atoms with Crippen molar-refractivity contribution in [2.45, 2.75) is 52.7 Å². The molecule has 1 aliphatic heterocycles. The molecule has 1 fully saturated rings. The quantitative estimate of drug-likeness (QED) is 0.242. The van der Waals surface area contributed by atoms with Crippen molar-refractivity contribution < 1.29 is 53.4 Å². The third-order valence-electron chi connectivity index (χ3n) is 5.09. The minimum Gasteiger partial charge on any atom is -0.505 e. The molecule has 1 saturated carbocycles. The second-order valence-corrected chi connectivity index (χ2v) is 8.93. The van der Waals surface area contributed by atoms with Crippen LogP contribution in [0.25, 0.3) is 0 Å². The highest BCUT2D eigenvalue weighted by Crippen LogP contribution is 2.48. The van der Waals surface area contributed by atoms with E-state index in [1.807, 2.05) is 27.7 Å². The Hall–Kier alpha value is -2.82. The third kappa shape index (κ3) is 5.50. The fourth-order valence-corrected chi connectivity index (χ4v) is 3.23. The summed E-state index contributed by atoms with van der Waals surface area (Å²) in [4.78, 5) is 48.8. The zero-order chi connectivity index (χ0) is 24.2. The maximum absolute atomic E-state index is 12.6. The lowest BCUT2D eigenvalue weighted by molar-refractivity contribution is -0.189. The first-order chi connectivity index (χ1) is 14.9. The Morgan fingerprint density at radius 2 is 1.47 bits per heavy atom. The Kier molecular flexibility index (Phi) is 8.11. The van der Waals surface area contributed by atoms with Crippen LogP contribution in [0.5, 0.6) is 0 Å². The van der Waals surface area contributed by atoms with E-state index < -0.39 is 65.5 Å². The molecule has 32 heavy (non-hydrogen) atoms. The van der Waals surface area contributed by atoms with Crippen molar-refractivity contribution in [2.75, 3.05) is 19.8 Å². The van der Waals surface area contributed by atoms with E-state index in [2.05, 4.69) is 4.74 Å². The summed E-state index contributed by atoms with van der Waals surface area (Å²) in [7, 11) is 0. The molecule has 0 spiro atoms. The first kappa shape index (κ1) is 25.4. The van der Waals surface area contributed by atoms with Crippen LogP contribution in [0.1, 0.15) is 40.5 Å². The van der Waals surface area contributed by atoms with E-state index >= 15 is 0 Å². The van der Waals surface area contributed by atoms with Crippen LogP contribution < -0.4 is 0 Å². The largest absolute Gasteiger partial charge is 0.505 e. The van der Waals surface area contributed by atoms with E-state index in [1.165, 1.54) is 0 Å². The number of esters is 4. The van der Waals surface area contributed by atoms with Gasteiger partial charge in [-0.1, -0.05) is 27.7 Å². The molecule has 0 aromatic rings. The Balaban J connectivity index is 1.95. The van der Waals surface area contributed by atoms with Crippen LogP contribution in [-0.2, 0) is 38.1 Å². The average Bonchev–Trinajstić information content (AvgIpc) is 2.95. The first-order valence-corrected chi connectivity index (χ1v) is 10.4. The van der Waals surface area contributed by atoms with Gasteiger partial charge in [0.25, 0.3) is 0 Å². The smallest absolute Gasteiger partial charge is 0.377 e. The summed E-state index contributed by atoms with van der Waals surface area (Å²) in [6, 6.07) is 0. The Morgan fingerprint density at radius 1 is 0.969 bits per heavy atom. The molecule has 0 saturated heterocycles. The van der Waals surface area contributed by atoms with Gasteiger partial charge in [0.1, 0.15) is 12.7 Å². The number of hydrogen-bond acceptors (Lipinski definition) is 11. The van der Waals surface area contributed by atoms with Gasteiger partial charge in [-0.15, -0.1) is 0 Å². The lowest BCUT2D eigenvalue weighted by Gasteiger charge is -2.41. The summed E-state index contributed by atoms with van der Waals surface area (Å²) in [5, 5.41) is 28.8. The van der Waals surface area contributed by atoms with E-state index in [-0.39, 0.29) is 37.9 Å². The summed E-state index contributed by atoms with van der Waals surface area (Å²) in [5.41, 5.74) is -1.60. The molecule has 3 N–H and O–H groups in total. The van der Waals surface area contributed by atoms with Crippen molar-refractivity contribution in [1.82, 2.24) is 0 Å². The molecular formula is C21H30O11. The lowest BCUT2D eigenvalue weighted by Crippen LogP contribution is -2.54. The molecule has 0 bridgehead atoms. The van der Waals surface area contributed by atoms with Crippen LogP contribution >= 0.6 is 0 Å². The SMILES string of the molecule is CC(C)COC(=O)C1(C(=O)OCC(C)C)CC(C(=O)OCC(O)C2OC(=O)C(O)=C2O)C1.